The molecule has 0 fully saturated rings. The van der Waals surface area contributed by atoms with E-state index in [0.717, 1.165) is 10.8 Å². The maximum absolute atomic E-state index is 12.8. The molecule has 0 bridgehead atoms. The second-order valence-corrected chi connectivity index (χ2v) is 5.89. The maximum atomic E-state index is 12.8. The fourth-order valence-electron chi connectivity index (χ4n) is 2.92. The maximum Gasteiger partial charge on any atom is 0.195 e. The number of ketones is 2. The average molecular weight is 337 g/mol. The molecule has 21 heavy (non-hydrogen) atoms. The molecule has 2 nitrogen and oxygen atoms in total. The Morgan fingerprint density at radius 1 is 0.714 bits per heavy atom. The van der Waals surface area contributed by atoms with Crippen molar-refractivity contribution in [2.45, 2.75) is 0 Å². The summed E-state index contributed by atoms with van der Waals surface area (Å²) in [4.78, 5) is 25.6. The van der Waals surface area contributed by atoms with Crippen LogP contribution in [0.1, 0.15) is 31.8 Å². The molecule has 0 amide bonds. The smallest absolute Gasteiger partial charge is 0.195 e. The topological polar surface area (TPSA) is 34.1 Å². The lowest BCUT2D eigenvalue weighted by molar-refractivity contribution is 0.0980. The molecular formula is C18H9BrO2. The summed E-state index contributed by atoms with van der Waals surface area (Å²) < 4.78 is 0.670. The fraction of sp³-hybridized carbons (Fsp3) is 0. The summed E-state index contributed by atoms with van der Waals surface area (Å²) in [5.74, 6) is -0.185. The zero-order valence-corrected chi connectivity index (χ0v) is 12.5. The summed E-state index contributed by atoms with van der Waals surface area (Å²) in [6.45, 7) is 0. The van der Waals surface area contributed by atoms with Gasteiger partial charge in [0.1, 0.15) is 0 Å². The highest BCUT2D eigenvalue weighted by Gasteiger charge is 2.32. The van der Waals surface area contributed by atoms with Gasteiger partial charge in [-0.1, -0.05) is 48.5 Å². The number of carbonyl (C=O) groups excluding carboxylic acids is 2. The van der Waals surface area contributed by atoms with Gasteiger partial charge in [0.2, 0.25) is 0 Å². The van der Waals surface area contributed by atoms with Crippen LogP contribution >= 0.6 is 15.9 Å². The number of halogens is 1. The molecule has 100 valence electrons. The molecule has 0 heterocycles. The van der Waals surface area contributed by atoms with Crippen LogP contribution in [0.3, 0.4) is 0 Å². The van der Waals surface area contributed by atoms with Crippen molar-refractivity contribution in [1.82, 2.24) is 0 Å². The molecule has 0 aliphatic heterocycles. The van der Waals surface area contributed by atoms with Crippen molar-refractivity contribution in [3.63, 3.8) is 0 Å². The van der Waals surface area contributed by atoms with Crippen molar-refractivity contribution in [1.29, 1.82) is 0 Å². The van der Waals surface area contributed by atoms with E-state index in [-0.39, 0.29) is 11.6 Å². The largest absolute Gasteiger partial charge is 0.289 e. The molecule has 1 aliphatic rings. The first-order valence-corrected chi connectivity index (χ1v) is 7.37. The molecule has 0 radical (unpaired) electrons. The SMILES string of the molecule is O=C1c2ccccc2C(=O)c2c1c(Br)cc1ccccc21. The Hall–Kier alpha value is -2.26. The Bertz CT molecular complexity index is 941. The Morgan fingerprint density at radius 2 is 1.29 bits per heavy atom. The molecule has 3 aromatic carbocycles. The molecule has 0 aromatic heterocycles. The van der Waals surface area contributed by atoms with E-state index in [1.54, 1.807) is 24.3 Å². The van der Waals surface area contributed by atoms with E-state index in [2.05, 4.69) is 15.9 Å². The summed E-state index contributed by atoms with van der Waals surface area (Å²) in [5.41, 5.74) is 1.94. The Kier molecular flexibility index (Phi) is 2.59. The van der Waals surface area contributed by atoms with Gasteiger partial charge in [-0.3, -0.25) is 9.59 Å². The molecule has 0 saturated heterocycles. The van der Waals surface area contributed by atoms with E-state index >= 15 is 0 Å². The third-order valence-corrected chi connectivity index (χ3v) is 4.50. The van der Waals surface area contributed by atoms with Crippen LogP contribution in [0.2, 0.25) is 0 Å². The van der Waals surface area contributed by atoms with Gasteiger partial charge in [0.05, 0.1) is 0 Å². The normalized spacial score (nSPS) is 13.2. The first-order valence-electron chi connectivity index (χ1n) is 6.58. The Morgan fingerprint density at radius 3 is 2.00 bits per heavy atom. The lowest BCUT2D eigenvalue weighted by Crippen LogP contribution is -2.21. The van der Waals surface area contributed by atoms with Gasteiger partial charge < -0.3 is 0 Å². The third kappa shape index (κ3) is 1.64. The molecule has 1 aliphatic carbocycles. The van der Waals surface area contributed by atoms with E-state index in [1.165, 1.54) is 0 Å². The van der Waals surface area contributed by atoms with Gasteiger partial charge in [0, 0.05) is 26.7 Å². The number of hydrogen-bond donors (Lipinski definition) is 0. The summed E-state index contributed by atoms with van der Waals surface area (Å²) in [6.07, 6.45) is 0. The number of hydrogen-bond acceptors (Lipinski definition) is 2. The molecule has 0 spiro atoms. The van der Waals surface area contributed by atoms with Gasteiger partial charge in [-0.2, -0.15) is 0 Å². The van der Waals surface area contributed by atoms with Crippen LogP contribution in [-0.2, 0) is 0 Å². The Labute approximate surface area is 129 Å². The fourth-order valence-corrected chi connectivity index (χ4v) is 3.54. The van der Waals surface area contributed by atoms with Crippen molar-refractivity contribution in [3.05, 3.63) is 81.3 Å². The lowest BCUT2D eigenvalue weighted by Gasteiger charge is -2.20. The van der Waals surface area contributed by atoms with Gasteiger partial charge in [-0.05, 0) is 32.8 Å². The third-order valence-electron chi connectivity index (χ3n) is 3.87. The van der Waals surface area contributed by atoms with Crippen LogP contribution in [0.5, 0.6) is 0 Å². The summed E-state index contributed by atoms with van der Waals surface area (Å²) in [6, 6.07) is 16.5. The number of benzene rings is 3. The second kappa shape index (κ2) is 4.37. The number of rotatable bonds is 0. The quantitative estimate of drug-likeness (QED) is 0.477. The molecule has 0 saturated carbocycles. The highest BCUT2D eigenvalue weighted by Crippen LogP contribution is 2.36. The average Bonchev–Trinajstić information content (AvgIpc) is 2.51. The minimum atomic E-state index is -0.0992. The van der Waals surface area contributed by atoms with Crippen molar-refractivity contribution in [3.8, 4) is 0 Å². The summed E-state index contributed by atoms with van der Waals surface area (Å²) in [5, 5.41) is 1.77. The van der Waals surface area contributed by atoms with Gasteiger partial charge in [0.15, 0.2) is 11.6 Å². The number of fused-ring (bicyclic) bond motifs is 4. The van der Waals surface area contributed by atoms with Gasteiger partial charge >= 0.3 is 0 Å². The van der Waals surface area contributed by atoms with Crippen LogP contribution in [0.15, 0.2) is 59.1 Å². The summed E-state index contributed by atoms with van der Waals surface area (Å²) in [7, 11) is 0. The molecule has 0 unspecified atom stereocenters. The first-order chi connectivity index (χ1) is 10.2. The highest BCUT2D eigenvalue weighted by atomic mass is 79.9. The van der Waals surface area contributed by atoms with E-state index in [9.17, 15) is 9.59 Å². The molecule has 0 atom stereocenters. The standard InChI is InChI=1S/C18H9BrO2/c19-14-9-10-5-1-2-6-11(10)15-16(14)18(21)13-8-4-3-7-12(13)17(15)20/h1-9H. The molecular weight excluding hydrogens is 328 g/mol. The van der Waals surface area contributed by atoms with E-state index < -0.39 is 0 Å². The highest BCUT2D eigenvalue weighted by molar-refractivity contribution is 9.10. The zero-order chi connectivity index (χ0) is 14.6. The Balaban J connectivity index is 2.18. The summed E-state index contributed by atoms with van der Waals surface area (Å²) >= 11 is 3.45. The first kappa shape index (κ1) is 12.5. The minimum absolute atomic E-state index is 0.0855. The van der Waals surface area contributed by atoms with Crippen LogP contribution in [-0.4, -0.2) is 11.6 Å². The monoisotopic (exact) mass is 336 g/mol. The van der Waals surface area contributed by atoms with Crippen LogP contribution in [0.4, 0.5) is 0 Å². The lowest BCUT2D eigenvalue weighted by atomic mass is 9.82. The number of carbonyl (C=O) groups is 2. The van der Waals surface area contributed by atoms with E-state index in [4.69, 9.17) is 0 Å². The molecule has 3 aromatic rings. The van der Waals surface area contributed by atoms with E-state index in [1.807, 2.05) is 30.3 Å². The molecule has 0 N–H and O–H groups in total. The van der Waals surface area contributed by atoms with Crippen molar-refractivity contribution >= 4 is 38.3 Å². The van der Waals surface area contributed by atoms with Gasteiger partial charge in [-0.25, -0.2) is 0 Å². The van der Waals surface area contributed by atoms with Gasteiger partial charge in [0.25, 0.3) is 0 Å². The van der Waals surface area contributed by atoms with Crippen LogP contribution in [0, 0.1) is 0 Å². The predicted molar refractivity (Wildman–Crippen MR) is 85.0 cm³/mol. The van der Waals surface area contributed by atoms with Gasteiger partial charge in [-0.15, -0.1) is 0 Å². The minimum Gasteiger partial charge on any atom is -0.289 e. The van der Waals surface area contributed by atoms with Crippen molar-refractivity contribution in [2.24, 2.45) is 0 Å². The zero-order valence-electron chi connectivity index (χ0n) is 10.9. The van der Waals surface area contributed by atoms with Crippen molar-refractivity contribution < 1.29 is 9.59 Å². The second-order valence-electron chi connectivity index (χ2n) is 5.03. The molecule has 3 heteroatoms. The van der Waals surface area contributed by atoms with Crippen molar-refractivity contribution in [2.75, 3.05) is 0 Å². The van der Waals surface area contributed by atoms with E-state index in [0.29, 0.717) is 26.7 Å². The van der Waals surface area contributed by atoms with Crippen LogP contribution in [0.25, 0.3) is 10.8 Å². The molecule has 4 rings (SSSR count). The predicted octanol–water partition coefficient (Wildman–Crippen LogP) is 4.38. The van der Waals surface area contributed by atoms with Crippen LogP contribution < -0.4 is 0 Å².